The van der Waals surface area contributed by atoms with Crippen molar-refractivity contribution in [2.45, 2.75) is 38.6 Å². The van der Waals surface area contributed by atoms with Crippen LogP contribution in [0.1, 0.15) is 47.2 Å². The molecule has 0 heterocycles. The fraction of sp³-hybridized carbons (Fsp3) is 0.400. The van der Waals surface area contributed by atoms with Crippen molar-refractivity contribution in [3.05, 3.63) is 34.9 Å². The van der Waals surface area contributed by atoms with Gasteiger partial charge in [-0.15, -0.1) is 6.42 Å². The second kappa shape index (κ2) is 5.05. The summed E-state index contributed by atoms with van der Waals surface area (Å²) in [5.74, 6) is 2.58. The van der Waals surface area contributed by atoms with Crippen molar-refractivity contribution >= 4 is 5.91 Å². The number of carbonyl (C=O) groups excluding carboxylic acids is 1. The van der Waals surface area contributed by atoms with E-state index in [0.29, 0.717) is 17.2 Å². The zero-order valence-corrected chi connectivity index (χ0v) is 10.1. The summed E-state index contributed by atoms with van der Waals surface area (Å²) in [6, 6.07) is 5.93. The molecule has 1 aliphatic rings. The Morgan fingerprint density at radius 1 is 1.41 bits per heavy atom. The van der Waals surface area contributed by atoms with Gasteiger partial charge in [0, 0.05) is 11.6 Å². The van der Waals surface area contributed by atoms with Gasteiger partial charge < -0.3 is 5.32 Å². The predicted molar refractivity (Wildman–Crippen MR) is 68.8 cm³/mol. The summed E-state index contributed by atoms with van der Waals surface area (Å²) < 4.78 is 0. The number of amides is 1. The summed E-state index contributed by atoms with van der Waals surface area (Å²) in [7, 11) is 0. The van der Waals surface area contributed by atoms with Gasteiger partial charge in [-0.2, -0.15) is 0 Å². The molecular formula is C15H17NO. The van der Waals surface area contributed by atoms with E-state index in [9.17, 15) is 4.79 Å². The molecule has 0 spiro atoms. The molecule has 0 unspecified atom stereocenters. The van der Waals surface area contributed by atoms with Crippen molar-refractivity contribution < 1.29 is 4.79 Å². The number of aryl methyl sites for hydroxylation is 1. The SMILES string of the molecule is C#Cc1c(C)cccc1C(=O)NC1CCCC1. The number of terminal acetylenes is 1. The highest BCUT2D eigenvalue weighted by Crippen LogP contribution is 2.19. The van der Waals surface area contributed by atoms with Gasteiger partial charge in [0.25, 0.3) is 5.91 Å². The average Bonchev–Trinajstić information content (AvgIpc) is 2.81. The lowest BCUT2D eigenvalue weighted by atomic mass is 10.0. The quantitative estimate of drug-likeness (QED) is 0.773. The smallest absolute Gasteiger partial charge is 0.252 e. The first-order valence-corrected chi connectivity index (χ1v) is 6.09. The Kier molecular flexibility index (Phi) is 3.49. The number of benzene rings is 1. The minimum absolute atomic E-state index is 0.0337. The van der Waals surface area contributed by atoms with Crippen LogP contribution in [-0.4, -0.2) is 11.9 Å². The molecule has 2 nitrogen and oxygen atoms in total. The molecule has 1 aromatic rings. The van der Waals surface area contributed by atoms with E-state index in [1.54, 1.807) is 6.07 Å². The van der Waals surface area contributed by atoms with Crippen LogP contribution in [0.25, 0.3) is 0 Å². The fourth-order valence-electron chi connectivity index (χ4n) is 2.38. The Labute approximate surface area is 102 Å². The fourth-order valence-corrected chi connectivity index (χ4v) is 2.38. The second-order valence-corrected chi connectivity index (χ2v) is 4.60. The molecule has 1 N–H and O–H groups in total. The third kappa shape index (κ3) is 2.50. The van der Waals surface area contributed by atoms with Crippen LogP contribution in [0.3, 0.4) is 0 Å². The molecule has 0 radical (unpaired) electrons. The van der Waals surface area contributed by atoms with Gasteiger partial charge in [-0.25, -0.2) is 0 Å². The lowest BCUT2D eigenvalue weighted by Crippen LogP contribution is -2.33. The van der Waals surface area contributed by atoms with Crippen LogP contribution in [0, 0.1) is 19.3 Å². The maximum absolute atomic E-state index is 12.1. The summed E-state index contributed by atoms with van der Waals surface area (Å²) >= 11 is 0. The van der Waals surface area contributed by atoms with Crippen LogP contribution in [-0.2, 0) is 0 Å². The van der Waals surface area contributed by atoms with E-state index in [4.69, 9.17) is 6.42 Å². The van der Waals surface area contributed by atoms with Crippen molar-refractivity contribution in [2.24, 2.45) is 0 Å². The average molecular weight is 227 g/mol. The molecule has 17 heavy (non-hydrogen) atoms. The van der Waals surface area contributed by atoms with E-state index in [-0.39, 0.29) is 5.91 Å². The summed E-state index contributed by atoms with van der Waals surface area (Å²) in [6.45, 7) is 1.93. The molecule has 2 rings (SSSR count). The third-order valence-electron chi connectivity index (χ3n) is 3.35. The molecule has 1 aromatic carbocycles. The summed E-state index contributed by atoms with van der Waals surface area (Å²) in [6.07, 6.45) is 10.1. The predicted octanol–water partition coefficient (Wildman–Crippen LogP) is 2.65. The maximum Gasteiger partial charge on any atom is 0.252 e. The topological polar surface area (TPSA) is 29.1 Å². The van der Waals surface area contributed by atoms with Crippen LogP contribution in [0.4, 0.5) is 0 Å². The van der Waals surface area contributed by atoms with Crippen molar-refractivity contribution in [1.82, 2.24) is 5.32 Å². The molecule has 0 aromatic heterocycles. The van der Waals surface area contributed by atoms with Gasteiger partial charge >= 0.3 is 0 Å². The molecule has 0 saturated heterocycles. The highest BCUT2D eigenvalue weighted by Gasteiger charge is 2.19. The number of carbonyl (C=O) groups is 1. The highest BCUT2D eigenvalue weighted by molar-refractivity contribution is 5.97. The van der Waals surface area contributed by atoms with E-state index in [1.165, 1.54) is 12.8 Å². The van der Waals surface area contributed by atoms with E-state index in [0.717, 1.165) is 18.4 Å². The van der Waals surface area contributed by atoms with Crippen LogP contribution in [0.5, 0.6) is 0 Å². The first-order valence-electron chi connectivity index (χ1n) is 6.09. The number of hydrogen-bond donors (Lipinski definition) is 1. The lowest BCUT2D eigenvalue weighted by Gasteiger charge is -2.13. The number of rotatable bonds is 2. The third-order valence-corrected chi connectivity index (χ3v) is 3.35. The van der Waals surface area contributed by atoms with Gasteiger partial charge in [0.15, 0.2) is 0 Å². The zero-order chi connectivity index (χ0) is 12.3. The Balaban J connectivity index is 2.19. The molecule has 88 valence electrons. The van der Waals surface area contributed by atoms with Gasteiger partial charge in [0.05, 0.1) is 5.56 Å². The monoisotopic (exact) mass is 227 g/mol. The van der Waals surface area contributed by atoms with Crippen molar-refractivity contribution in [3.63, 3.8) is 0 Å². The van der Waals surface area contributed by atoms with Crippen molar-refractivity contribution in [3.8, 4) is 12.3 Å². The van der Waals surface area contributed by atoms with Crippen molar-refractivity contribution in [2.75, 3.05) is 0 Å². The van der Waals surface area contributed by atoms with Gasteiger partial charge in [-0.1, -0.05) is 30.9 Å². The Morgan fingerprint density at radius 3 is 2.76 bits per heavy atom. The first-order chi connectivity index (χ1) is 8.22. The van der Waals surface area contributed by atoms with Gasteiger partial charge in [-0.05, 0) is 31.4 Å². The van der Waals surface area contributed by atoms with Crippen LogP contribution in [0.2, 0.25) is 0 Å². The Bertz CT molecular complexity index is 464. The summed E-state index contributed by atoms with van der Waals surface area (Å²) in [4.78, 5) is 12.1. The van der Waals surface area contributed by atoms with Crippen molar-refractivity contribution in [1.29, 1.82) is 0 Å². The minimum Gasteiger partial charge on any atom is -0.349 e. The molecule has 1 fully saturated rings. The molecule has 0 atom stereocenters. The van der Waals surface area contributed by atoms with Gasteiger partial charge in [0.1, 0.15) is 0 Å². The summed E-state index contributed by atoms with van der Waals surface area (Å²) in [5, 5.41) is 3.06. The molecule has 1 saturated carbocycles. The second-order valence-electron chi connectivity index (χ2n) is 4.60. The van der Waals surface area contributed by atoms with E-state index < -0.39 is 0 Å². The van der Waals surface area contributed by atoms with E-state index in [1.807, 2.05) is 19.1 Å². The summed E-state index contributed by atoms with van der Waals surface area (Å²) in [5.41, 5.74) is 2.31. The number of hydrogen-bond acceptors (Lipinski definition) is 1. The van der Waals surface area contributed by atoms with Crippen LogP contribution in [0.15, 0.2) is 18.2 Å². The Hall–Kier alpha value is -1.75. The lowest BCUT2D eigenvalue weighted by molar-refractivity contribution is 0.0937. The number of nitrogens with one attached hydrogen (secondary N) is 1. The molecule has 1 amide bonds. The zero-order valence-electron chi connectivity index (χ0n) is 10.1. The van der Waals surface area contributed by atoms with E-state index >= 15 is 0 Å². The molecule has 0 bridgehead atoms. The Morgan fingerprint density at radius 2 is 2.12 bits per heavy atom. The molecule has 0 aliphatic heterocycles. The largest absolute Gasteiger partial charge is 0.349 e. The van der Waals surface area contributed by atoms with Gasteiger partial charge in [-0.3, -0.25) is 4.79 Å². The normalized spacial score (nSPS) is 15.5. The van der Waals surface area contributed by atoms with Gasteiger partial charge in [0.2, 0.25) is 0 Å². The first kappa shape index (κ1) is 11.7. The van der Waals surface area contributed by atoms with Crippen LogP contribution < -0.4 is 5.32 Å². The van der Waals surface area contributed by atoms with E-state index in [2.05, 4.69) is 11.2 Å². The standard InChI is InChI=1S/C15H17NO/c1-3-13-11(2)7-6-10-14(13)15(17)16-12-8-4-5-9-12/h1,6-7,10,12H,4-5,8-9H2,2H3,(H,16,17). The minimum atomic E-state index is -0.0337. The highest BCUT2D eigenvalue weighted by atomic mass is 16.1. The molecule has 1 aliphatic carbocycles. The van der Waals surface area contributed by atoms with Crippen LogP contribution >= 0.6 is 0 Å². The molecular weight excluding hydrogens is 210 g/mol. The molecule has 2 heteroatoms. The maximum atomic E-state index is 12.1.